The average Bonchev–Trinajstić information content (AvgIpc) is 2.46. The van der Waals surface area contributed by atoms with E-state index in [2.05, 4.69) is 10.2 Å². The summed E-state index contributed by atoms with van der Waals surface area (Å²) < 4.78 is 38.4. The van der Waals surface area contributed by atoms with E-state index in [1.165, 1.54) is 0 Å². The fourth-order valence-corrected chi connectivity index (χ4v) is 1.78. The van der Waals surface area contributed by atoms with Gasteiger partial charge in [-0.25, -0.2) is 0 Å². The van der Waals surface area contributed by atoms with E-state index in [0.29, 0.717) is 29.2 Å². The lowest BCUT2D eigenvalue weighted by Crippen LogP contribution is -2.22. The highest BCUT2D eigenvalue weighted by atomic mass is 32.2. The van der Waals surface area contributed by atoms with Crippen LogP contribution in [0.15, 0.2) is 5.16 Å². The summed E-state index contributed by atoms with van der Waals surface area (Å²) in [6.07, 6.45) is -3.55. The minimum absolute atomic E-state index is 0.302. The lowest BCUT2D eigenvalue weighted by molar-refractivity contribution is -0.125. The summed E-state index contributed by atoms with van der Waals surface area (Å²) in [4.78, 5) is 0. The largest absolute Gasteiger partial charge is 0.400 e. The molecule has 86 valence electrons. The lowest BCUT2D eigenvalue weighted by atomic mass is 10.5. The van der Waals surface area contributed by atoms with E-state index in [4.69, 9.17) is 0 Å². The molecule has 15 heavy (non-hydrogen) atoms. The smallest absolute Gasteiger partial charge is 0.309 e. The maximum Gasteiger partial charge on any atom is 0.400 e. The van der Waals surface area contributed by atoms with E-state index in [-0.39, 0.29) is 0 Å². The summed E-state index contributed by atoms with van der Waals surface area (Å²) in [7, 11) is 1.67. The van der Waals surface area contributed by atoms with Gasteiger partial charge < -0.3 is 4.57 Å². The van der Waals surface area contributed by atoms with Crippen molar-refractivity contribution in [2.24, 2.45) is 7.05 Å². The second-order valence-electron chi connectivity index (χ2n) is 3.11. The third-order valence-electron chi connectivity index (χ3n) is 1.98. The molecule has 7 heteroatoms. The Morgan fingerprint density at radius 1 is 1.40 bits per heavy atom. The highest BCUT2D eigenvalue weighted by molar-refractivity contribution is 7.99. The molecule has 0 amide bonds. The van der Waals surface area contributed by atoms with Crippen LogP contribution in [-0.2, 0) is 13.5 Å². The summed E-state index contributed by atoms with van der Waals surface area (Å²) in [5.74, 6) is 0.687. The molecule has 0 aromatic carbocycles. The van der Waals surface area contributed by atoms with E-state index in [0.717, 1.165) is 6.92 Å². The number of aryl methyl sites for hydroxylation is 1. The molecule has 0 N–H and O–H groups in total. The molecule has 1 atom stereocenters. The lowest BCUT2D eigenvalue weighted by Gasteiger charge is -2.13. The number of hydrogen-bond acceptors (Lipinski definition) is 3. The molecule has 0 spiro atoms. The number of hydrogen-bond donors (Lipinski definition) is 0. The van der Waals surface area contributed by atoms with Crippen LogP contribution in [-0.4, -0.2) is 26.2 Å². The Bertz CT molecular complexity index is 334. The number of alkyl halides is 3. The monoisotopic (exact) mass is 239 g/mol. The highest BCUT2D eigenvalue weighted by Gasteiger charge is 2.37. The molecule has 1 heterocycles. The van der Waals surface area contributed by atoms with Crippen LogP contribution in [0.1, 0.15) is 19.7 Å². The molecule has 0 bridgehead atoms. The summed E-state index contributed by atoms with van der Waals surface area (Å²) in [5, 5.41) is 6.35. The van der Waals surface area contributed by atoms with Crippen molar-refractivity contribution in [2.75, 3.05) is 0 Å². The molecule has 0 aliphatic carbocycles. The fourth-order valence-electron chi connectivity index (χ4n) is 0.980. The van der Waals surface area contributed by atoms with E-state index < -0.39 is 11.4 Å². The van der Waals surface area contributed by atoms with Gasteiger partial charge >= 0.3 is 6.18 Å². The van der Waals surface area contributed by atoms with Crippen LogP contribution in [0.3, 0.4) is 0 Å². The molecule has 0 unspecified atom stereocenters. The minimum Gasteiger partial charge on any atom is -0.309 e. The normalized spacial score (nSPS) is 14.3. The molecular formula is C8H12F3N3S. The first-order valence-corrected chi connectivity index (χ1v) is 5.35. The number of rotatable bonds is 3. The summed E-state index contributed by atoms with van der Waals surface area (Å²) in [6.45, 7) is 3.00. The Kier molecular flexibility index (Phi) is 3.64. The molecule has 0 aliphatic heterocycles. The van der Waals surface area contributed by atoms with Crippen molar-refractivity contribution >= 4 is 11.8 Å². The van der Waals surface area contributed by atoms with Crippen molar-refractivity contribution in [3.63, 3.8) is 0 Å². The first kappa shape index (κ1) is 12.4. The van der Waals surface area contributed by atoms with Crippen LogP contribution in [0.2, 0.25) is 0 Å². The molecule has 1 aromatic heterocycles. The fraction of sp³-hybridized carbons (Fsp3) is 0.750. The summed E-state index contributed by atoms with van der Waals surface area (Å²) in [6, 6.07) is 0. The summed E-state index contributed by atoms with van der Waals surface area (Å²) in [5.41, 5.74) is 0. The van der Waals surface area contributed by atoms with Crippen molar-refractivity contribution in [1.29, 1.82) is 0 Å². The number of halogens is 3. The Morgan fingerprint density at radius 3 is 2.40 bits per heavy atom. The number of nitrogens with zero attached hydrogens (tertiary/aromatic N) is 3. The van der Waals surface area contributed by atoms with Crippen molar-refractivity contribution in [2.45, 2.75) is 36.9 Å². The van der Waals surface area contributed by atoms with E-state index in [1.54, 1.807) is 11.6 Å². The van der Waals surface area contributed by atoms with Crippen LogP contribution in [0, 0.1) is 0 Å². The maximum atomic E-state index is 12.3. The predicted octanol–water partition coefficient (Wildman–Crippen LogP) is 2.42. The van der Waals surface area contributed by atoms with Gasteiger partial charge in [0, 0.05) is 13.5 Å². The van der Waals surface area contributed by atoms with Crippen LogP contribution in [0.25, 0.3) is 0 Å². The first-order valence-electron chi connectivity index (χ1n) is 4.48. The van der Waals surface area contributed by atoms with Crippen LogP contribution in [0.5, 0.6) is 0 Å². The van der Waals surface area contributed by atoms with Crippen LogP contribution in [0.4, 0.5) is 13.2 Å². The van der Waals surface area contributed by atoms with Crippen molar-refractivity contribution in [3.8, 4) is 0 Å². The van der Waals surface area contributed by atoms with Gasteiger partial charge in [-0.1, -0.05) is 18.7 Å². The third-order valence-corrected chi connectivity index (χ3v) is 3.17. The zero-order chi connectivity index (χ0) is 11.6. The molecule has 0 fully saturated rings. The molecule has 0 radical (unpaired) electrons. The molecule has 3 nitrogen and oxygen atoms in total. The SMILES string of the molecule is CCc1nnc(S[C@H](C)C(F)(F)F)n1C. The third kappa shape index (κ3) is 2.87. The zero-order valence-electron chi connectivity index (χ0n) is 8.67. The van der Waals surface area contributed by atoms with Gasteiger partial charge in [0.1, 0.15) is 11.1 Å². The Balaban J connectivity index is 2.77. The Hall–Kier alpha value is -0.720. The standard InChI is InChI=1S/C8H12F3N3S/c1-4-6-12-13-7(14(6)3)15-5(2)8(9,10)11/h5H,4H2,1-3H3/t5-/m1/s1. The molecule has 0 saturated carbocycles. The molecule has 1 aromatic rings. The molecule has 1 rings (SSSR count). The quantitative estimate of drug-likeness (QED) is 0.759. The molecular weight excluding hydrogens is 227 g/mol. The van der Waals surface area contributed by atoms with E-state index in [1.807, 2.05) is 6.92 Å². The molecule has 0 saturated heterocycles. The predicted molar refractivity (Wildman–Crippen MR) is 51.8 cm³/mol. The second kappa shape index (κ2) is 4.42. The minimum atomic E-state index is -4.21. The number of thioether (sulfide) groups is 1. The van der Waals surface area contributed by atoms with Crippen molar-refractivity contribution in [1.82, 2.24) is 14.8 Å². The van der Waals surface area contributed by atoms with Gasteiger partial charge in [0.15, 0.2) is 5.16 Å². The van der Waals surface area contributed by atoms with Gasteiger partial charge in [0.25, 0.3) is 0 Å². The van der Waals surface area contributed by atoms with Gasteiger partial charge in [0.05, 0.1) is 0 Å². The first-order chi connectivity index (χ1) is 6.86. The maximum absolute atomic E-state index is 12.3. The average molecular weight is 239 g/mol. The van der Waals surface area contributed by atoms with Gasteiger partial charge in [-0.2, -0.15) is 13.2 Å². The summed E-state index contributed by atoms with van der Waals surface area (Å²) >= 11 is 0.678. The van der Waals surface area contributed by atoms with Crippen molar-refractivity contribution in [3.05, 3.63) is 5.82 Å². The zero-order valence-corrected chi connectivity index (χ0v) is 9.48. The van der Waals surface area contributed by atoms with E-state index in [9.17, 15) is 13.2 Å². The highest BCUT2D eigenvalue weighted by Crippen LogP contribution is 2.33. The van der Waals surface area contributed by atoms with Crippen LogP contribution < -0.4 is 0 Å². The number of aromatic nitrogens is 3. The van der Waals surface area contributed by atoms with Crippen LogP contribution >= 0.6 is 11.8 Å². The van der Waals surface area contributed by atoms with E-state index >= 15 is 0 Å². The second-order valence-corrected chi connectivity index (χ2v) is 4.42. The molecule has 0 aliphatic rings. The Morgan fingerprint density at radius 2 is 2.00 bits per heavy atom. The van der Waals surface area contributed by atoms with Gasteiger partial charge in [-0.05, 0) is 6.92 Å². The van der Waals surface area contributed by atoms with Gasteiger partial charge in [0.2, 0.25) is 0 Å². The van der Waals surface area contributed by atoms with Gasteiger partial charge in [-0.15, -0.1) is 10.2 Å². The topological polar surface area (TPSA) is 30.7 Å². The Labute approximate surface area is 90.1 Å². The van der Waals surface area contributed by atoms with Gasteiger partial charge in [-0.3, -0.25) is 0 Å². The van der Waals surface area contributed by atoms with Crippen molar-refractivity contribution < 1.29 is 13.2 Å².